The molecule has 0 unspecified atom stereocenters. The molecular weight excluding hydrogens is 373 g/mol. The molecular formula is C20H17F3N2O3. The minimum absolute atomic E-state index is 0.0594. The highest BCUT2D eigenvalue weighted by Crippen LogP contribution is 2.29. The highest BCUT2D eigenvalue weighted by Gasteiger charge is 2.30. The van der Waals surface area contributed by atoms with Crippen LogP contribution in [0.15, 0.2) is 53.3 Å². The smallest absolute Gasteiger partial charge is 0.416 e. The zero-order valence-electron chi connectivity index (χ0n) is 15.2. The number of esters is 1. The second-order valence-electron chi connectivity index (χ2n) is 6.51. The van der Waals surface area contributed by atoms with Crippen molar-refractivity contribution in [1.29, 1.82) is 0 Å². The van der Waals surface area contributed by atoms with Crippen LogP contribution in [0.25, 0.3) is 10.8 Å². The second kappa shape index (κ2) is 7.46. The van der Waals surface area contributed by atoms with E-state index in [2.05, 4.69) is 5.10 Å². The Morgan fingerprint density at radius 3 is 2.43 bits per heavy atom. The van der Waals surface area contributed by atoms with Crippen LogP contribution in [0.2, 0.25) is 0 Å². The second-order valence-corrected chi connectivity index (χ2v) is 6.51. The molecule has 1 aromatic heterocycles. The van der Waals surface area contributed by atoms with Gasteiger partial charge in [-0.2, -0.15) is 18.3 Å². The van der Waals surface area contributed by atoms with Gasteiger partial charge in [0.25, 0.3) is 5.56 Å². The van der Waals surface area contributed by atoms with E-state index >= 15 is 0 Å². The number of halogens is 3. The molecule has 0 aliphatic heterocycles. The van der Waals surface area contributed by atoms with Crippen molar-refractivity contribution in [2.75, 3.05) is 0 Å². The predicted octanol–water partition coefficient (Wildman–Crippen LogP) is 4.35. The van der Waals surface area contributed by atoms with Crippen LogP contribution in [0.1, 0.15) is 41.5 Å². The first-order valence-electron chi connectivity index (χ1n) is 8.53. The van der Waals surface area contributed by atoms with E-state index in [4.69, 9.17) is 4.74 Å². The van der Waals surface area contributed by atoms with Crippen LogP contribution in [-0.2, 0) is 17.5 Å². The van der Waals surface area contributed by atoms with Crippen molar-refractivity contribution in [3.63, 3.8) is 0 Å². The Balaban J connectivity index is 1.92. The number of rotatable bonds is 4. The molecule has 0 fully saturated rings. The number of carbonyl (C=O) groups is 1. The number of hydrogen-bond acceptors (Lipinski definition) is 4. The molecule has 146 valence electrons. The van der Waals surface area contributed by atoms with E-state index in [1.165, 1.54) is 16.8 Å². The molecule has 0 bridgehead atoms. The van der Waals surface area contributed by atoms with E-state index in [-0.39, 0.29) is 29.5 Å². The highest BCUT2D eigenvalue weighted by molar-refractivity contribution is 6.02. The van der Waals surface area contributed by atoms with Gasteiger partial charge in [-0.25, -0.2) is 9.48 Å². The zero-order valence-corrected chi connectivity index (χ0v) is 15.2. The van der Waals surface area contributed by atoms with Crippen LogP contribution in [0.5, 0.6) is 0 Å². The molecule has 5 nitrogen and oxygen atoms in total. The SMILES string of the molecule is CC(C)n1nc(C(=O)OCc2cccc(C(F)(F)F)c2)c2ccccc2c1=O. The fraction of sp³-hybridized carbons (Fsp3) is 0.250. The zero-order chi connectivity index (χ0) is 20.5. The first kappa shape index (κ1) is 19.6. The van der Waals surface area contributed by atoms with Crippen molar-refractivity contribution in [2.45, 2.75) is 32.7 Å². The number of benzene rings is 2. The maximum absolute atomic E-state index is 12.8. The van der Waals surface area contributed by atoms with E-state index in [1.807, 2.05) is 0 Å². The van der Waals surface area contributed by atoms with Crippen molar-refractivity contribution >= 4 is 16.7 Å². The lowest BCUT2D eigenvalue weighted by molar-refractivity contribution is -0.137. The third kappa shape index (κ3) is 3.90. The number of nitrogens with zero attached hydrogens (tertiary/aromatic N) is 2. The molecule has 1 heterocycles. The Bertz CT molecular complexity index is 1090. The molecule has 0 atom stereocenters. The lowest BCUT2D eigenvalue weighted by atomic mass is 10.1. The van der Waals surface area contributed by atoms with E-state index in [9.17, 15) is 22.8 Å². The van der Waals surface area contributed by atoms with Crippen LogP contribution in [-0.4, -0.2) is 15.7 Å². The van der Waals surface area contributed by atoms with Gasteiger partial charge in [0.15, 0.2) is 5.69 Å². The minimum Gasteiger partial charge on any atom is -0.456 e. The summed E-state index contributed by atoms with van der Waals surface area (Å²) in [5.41, 5.74) is -1.02. The van der Waals surface area contributed by atoms with Gasteiger partial charge in [-0.3, -0.25) is 4.79 Å². The number of hydrogen-bond donors (Lipinski definition) is 0. The number of fused-ring (bicyclic) bond motifs is 1. The molecule has 0 spiro atoms. The van der Waals surface area contributed by atoms with Gasteiger partial charge in [-0.1, -0.05) is 30.3 Å². The molecule has 3 rings (SSSR count). The standard InChI is InChI=1S/C20H17F3N2O3/c1-12(2)25-18(26)16-9-4-3-8-15(16)17(24-25)19(27)28-11-13-6-5-7-14(10-13)20(21,22)23/h3-10,12H,11H2,1-2H3. The van der Waals surface area contributed by atoms with Gasteiger partial charge in [0, 0.05) is 5.39 Å². The quantitative estimate of drug-likeness (QED) is 0.622. The lowest BCUT2D eigenvalue weighted by Crippen LogP contribution is -2.27. The lowest BCUT2D eigenvalue weighted by Gasteiger charge is -2.13. The fourth-order valence-electron chi connectivity index (χ4n) is 2.76. The summed E-state index contributed by atoms with van der Waals surface area (Å²) in [7, 11) is 0. The average molecular weight is 390 g/mol. The number of carbonyl (C=O) groups excluding carboxylic acids is 1. The van der Waals surface area contributed by atoms with Gasteiger partial charge < -0.3 is 4.74 Å². The highest BCUT2D eigenvalue weighted by atomic mass is 19.4. The Morgan fingerprint density at radius 1 is 1.11 bits per heavy atom. The largest absolute Gasteiger partial charge is 0.456 e. The van der Waals surface area contributed by atoms with Gasteiger partial charge in [0.1, 0.15) is 6.61 Å². The Kier molecular flexibility index (Phi) is 5.22. The van der Waals surface area contributed by atoms with Gasteiger partial charge in [0.05, 0.1) is 17.0 Å². The van der Waals surface area contributed by atoms with Crippen molar-refractivity contribution < 1.29 is 22.7 Å². The van der Waals surface area contributed by atoms with Crippen molar-refractivity contribution in [1.82, 2.24) is 9.78 Å². The van der Waals surface area contributed by atoms with Gasteiger partial charge >= 0.3 is 12.1 Å². The first-order chi connectivity index (χ1) is 13.2. The van der Waals surface area contributed by atoms with Crippen LogP contribution in [0.3, 0.4) is 0 Å². The summed E-state index contributed by atoms with van der Waals surface area (Å²) < 4.78 is 44.8. The van der Waals surface area contributed by atoms with E-state index < -0.39 is 17.7 Å². The number of alkyl halides is 3. The number of aromatic nitrogens is 2. The van der Waals surface area contributed by atoms with E-state index in [1.54, 1.807) is 38.1 Å². The van der Waals surface area contributed by atoms with Crippen LogP contribution in [0.4, 0.5) is 13.2 Å². The summed E-state index contributed by atoms with van der Waals surface area (Å²) in [5.74, 6) is -0.817. The fourth-order valence-corrected chi connectivity index (χ4v) is 2.76. The third-order valence-electron chi connectivity index (χ3n) is 4.14. The molecule has 0 N–H and O–H groups in total. The molecule has 0 amide bonds. The molecule has 0 aliphatic carbocycles. The summed E-state index contributed by atoms with van der Waals surface area (Å²) >= 11 is 0. The summed E-state index contributed by atoms with van der Waals surface area (Å²) in [6.45, 7) is 3.15. The average Bonchev–Trinajstić information content (AvgIpc) is 2.66. The maximum atomic E-state index is 12.8. The molecule has 0 radical (unpaired) electrons. The molecule has 2 aromatic carbocycles. The summed E-state index contributed by atoms with van der Waals surface area (Å²) in [5, 5.41) is 4.77. The third-order valence-corrected chi connectivity index (χ3v) is 4.14. The van der Waals surface area contributed by atoms with Crippen LogP contribution in [0, 0.1) is 0 Å². The molecule has 28 heavy (non-hydrogen) atoms. The molecule has 0 saturated heterocycles. The summed E-state index contributed by atoms with van der Waals surface area (Å²) in [6.07, 6.45) is -4.48. The maximum Gasteiger partial charge on any atom is 0.416 e. The van der Waals surface area contributed by atoms with Gasteiger partial charge in [0.2, 0.25) is 0 Å². The van der Waals surface area contributed by atoms with Gasteiger partial charge in [-0.05, 0) is 37.6 Å². The Hall–Kier alpha value is -3.16. The van der Waals surface area contributed by atoms with Crippen LogP contribution < -0.4 is 5.56 Å². The van der Waals surface area contributed by atoms with Crippen LogP contribution >= 0.6 is 0 Å². The first-order valence-corrected chi connectivity index (χ1v) is 8.53. The molecule has 0 saturated carbocycles. The Morgan fingerprint density at radius 2 is 1.79 bits per heavy atom. The summed E-state index contributed by atoms with van der Waals surface area (Å²) in [4.78, 5) is 25.1. The Labute approximate surface area is 158 Å². The molecule has 0 aliphatic rings. The van der Waals surface area contributed by atoms with Gasteiger partial charge in [-0.15, -0.1) is 0 Å². The molecule has 8 heteroatoms. The van der Waals surface area contributed by atoms with E-state index in [0.717, 1.165) is 12.1 Å². The number of ether oxygens (including phenoxy) is 1. The van der Waals surface area contributed by atoms with Crippen molar-refractivity contribution in [2.24, 2.45) is 0 Å². The minimum atomic E-state index is -4.48. The normalized spacial score (nSPS) is 11.8. The molecule has 3 aromatic rings. The van der Waals surface area contributed by atoms with Crippen molar-refractivity contribution in [3.05, 3.63) is 75.7 Å². The van der Waals surface area contributed by atoms with Crippen molar-refractivity contribution in [3.8, 4) is 0 Å². The van der Waals surface area contributed by atoms with E-state index in [0.29, 0.717) is 10.8 Å². The monoisotopic (exact) mass is 390 g/mol. The summed E-state index contributed by atoms with van der Waals surface area (Å²) in [6, 6.07) is 10.8. The topological polar surface area (TPSA) is 61.2 Å². The predicted molar refractivity (Wildman–Crippen MR) is 97.0 cm³/mol.